The topological polar surface area (TPSA) is 174 Å². The molecule has 0 saturated heterocycles. The van der Waals surface area contributed by atoms with Gasteiger partial charge in [0, 0.05) is 46.6 Å². The first-order chi connectivity index (χ1) is 17.8. The van der Waals surface area contributed by atoms with Crippen molar-refractivity contribution >= 4 is 34.2 Å². The number of nitrogens with one attached hydrogen (secondary N) is 1. The number of hydrogen-bond donors (Lipinski definition) is 4. The van der Waals surface area contributed by atoms with Crippen LogP contribution in [0.2, 0.25) is 0 Å². The highest BCUT2D eigenvalue weighted by atomic mass is 32.2. The molecule has 0 bridgehead atoms. The minimum Gasteiger partial charge on any atom is -0.768 e. The van der Waals surface area contributed by atoms with E-state index in [-0.39, 0.29) is 10.8 Å². The van der Waals surface area contributed by atoms with Gasteiger partial charge < -0.3 is 36.5 Å². The molecule has 0 fully saturated rings. The van der Waals surface area contributed by atoms with E-state index < -0.39 is 11.1 Å². The summed E-state index contributed by atoms with van der Waals surface area (Å²) in [5.74, 6) is 1.63. The third-order valence-corrected chi connectivity index (χ3v) is 6.26. The van der Waals surface area contributed by atoms with Gasteiger partial charge in [0.1, 0.15) is 12.4 Å². The molecule has 192 valence electrons. The van der Waals surface area contributed by atoms with Crippen molar-refractivity contribution in [1.29, 1.82) is 0 Å². The zero-order chi connectivity index (χ0) is 26.4. The standard InChI is InChI=1S/C26H28N6O4S/c1-35-23-9-2-16(12-18-15-31-26(29)32-25(18)28)13-24(23)36-11-10-30-22-8-7-20(37(33)34)14-21(22)17-3-5-19(27)6-4-17/h2-9,13-15,30H,10-12,27H2,1H3,(H,33,34)(H4,28,29,31,32)/p-1. The van der Waals surface area contributed by atoms with Gasteiger partial charge in [0.2, 0.25) is 5.95 Å². The molecule has 0 saturated carbocycles. The Bertz CT molecular complexity index is 1420. The number of aromatic nitrogens is 2. The lowest BCUT2D eigenvalue weighted by Crippen LogP contribution is -2.13. The highest BCUT2D eigenvalue weighted by molar-refractivity contribution is 7.79. The minimum absolute atomic E-state index is 0.128. The van der Waals surface area contributed by atoms with Crippen molar-refractivity contribution in [2.75, 3.05) is 42.8 Å². The first-order valence-electron chi connectivity index (χ1n) is 11.3. The Morgan fingerprint density at radius 3 is 2.49 bits per heavy atom. The summed E-state index contributed by atoms with van der Waals surface area (Å²) in [6.07, 6.45) is 2.11. The summed E-state index contributed by atoms with van der Waals surface area (Å²) in [4.78, 5) is 8.21. The second-order valence-corrected chi connectivity index (χ2v) is 9.08. The lowest BCUT2D eigenvalue weighted by Gasteiger charge is -2.17. The molecular formula is C26H27N6O4S-. The monoisotopic (exact) mass is 519 g/mol. The first-order valence-corrected chi connectivity index (χ1v) is 12.4. The molecule has 1 atom stereocenters. The van der Waals surface area contributed by atoms with Gasteiger partial charge in [0.05, 0.1) is 7.11 Å². The molecular weight excluding hydrogens is 492 g/mol. The van der Waals surface area contributed by atoms with Crippen LogP contribution in [0.25, 0.3) is 11.1 Å². The Labute approximate surface area is 217 Å². The Kier molecular flexibility index (Phi) is 8.06. The van der Waals surface area contributed by atoms with Gasteiger partial charge in [-0.2, -0.15) is 4.98 Å². The third-order valence-electron chi connectivity index (χ3n) is 5.62. The second kappa shape index (κ2) is 11.6. The Hall–Kier alpha value is -4.35. The molecule has 0 radical (unpaired) electrons. The summed E-state index contributed by atoms with van der Waals surface area (Å²) in [7, 11) is 1.58. The number of benzene rings is 3. The average molecular weight is 520 g/mol. The van der Waals surface area contributed by atoms with Gasteiger partial charge >= 0.3 is 0 Å². The summed E-state index contributed by atoms with van der Waals surface area (Å²) >= 11 is -2.34. The van der Waals surface area contributed by atoms with Gasteiger partial charge in [-0.1, -0.05) is 18.2 Å². The highest BCUT2D eigenvalue weighted by Crippen LogP contribution is 2.32. The quantitative estimate of drug-likeness (QED) is 0.138. The Morgan fingerprint density at radius 2 is 1.78 bits per heavy atom. The zero-order valence-electron chi connectivity index (χ0n) is 20.1. The van der Waals surface area contributed by atoms with Crippen LogP contribution >= 0.6 is 0 Å². The molecule has 0 spiro atoms. The molecule has 4 aromatic rings. The molecule has 1 heterocycles. The predicted octanol–water partition coefficient (Wildman–Crippen LogP) is 3.22. The molecule has 4 rings (SSSR count). The average Bonchev–Trinajstić information content (AvgIpc) is 2.89. The van der Waals surface area contributed by atoms with E-state index in [1.54, 1.807) is 43.6 Å². The summed E-state index contributed by atoms with van der Waals surface area (Å²) in [6, 6.07) is 17.8. The number of ether oxygens (including phenoxy) is 2. The first kappa shape index (κ1) is 25.7. The zero-order valence-corrected chi connectivity index (χ0v) is 21.0. The van der Waals surface area contributed by atoms with E-state index in [1.165, 1.54) is 0 Å². The van der Waals surface area contributed by atoms with E-state index in [1.807, 2.05) is 30.3 Å². The van der Waals surface area contributed by atoms with Crippen molar-refractivity contribution in [3.05, 3.63) is 78.0 Å². The van der Waals surface area contributed by atoms with E-state index in [0.717, 1.165) is 27.9 Å². The van der Waals surface area contributed by atoms with Crippen LogP contribution in [-0.2, 0) is 17.5 Å². The molecule has 37 heavy (non-hydrogen) atoms. The maximum absolute atomic E-state index is 11.5. The number of hydrogen-bond acceptors (Lipinski definition) is 10. The van der Waals surface area contributed by atoms with Gasteiger partial charge in [-0.25, -0.2) is 4.98 Å². The van der Waals surface area contributed by atoms with Crippen LogP contribution in [0.5, 0.6) is 11.5 Å². The van der Waals surface area contributed by atoms with Crippen molar-refractivity contribution in [1.82, 2.24) is 9.97 Å². The fourth-order valence-electron chi connectivity index (χ4n) is 3.76. The number of rotatable bonds is 10. The van der Waals surface area contributed by atoms with Crippen molar-refractivity contribution in [3.63, 3.8) is 0 Å². The maximum Gasteiger partial charge on any atom is 0.221 e. The second-order valence-electron chi connectivity index (χ2n) is 8.14. The van der Waals surface area contributed by atoms with Crippen molar-refractivity contribution < 1.29 is 18.2 Å². The molecule has 10 nitrogen and oxygen atoms in total. The van der Waals surface area contributed by atoms with Crippen LogP contribution in [0.1, 0.15) is 11.1 Å². The lowest BCUT2D eigenvalue weighted by molar-refractivity contribution is 0.305. The van der Waals surface area contributed by atoms with Crippen molar-refractivity contribution in [3.8, 4) is 22.6 Å². The van der Waals surface area contributed by atoms with E-state index in [9.17, 15) is 8.76 Å². The smallest absolute Gasteiger partial charge is 0.221 e. The molecule has 0 aliphatic rings. The largest absolute Gasteiger partial charge is 0.768 e. The van der Waals surface area contributed by atoms with Crippen molar-refractivity contribution in [2.24, 2.45) is 0 Å². The van der Waals surface area contributed by atoms with Crippen molar-refractivity contribution in [2.45, 2.75) is 11.3 Å². The highest BCUT2D eigenvalue weighted by Gasteiger charge is 2.11. The summed E-state index contributed by atoms with van der Waals surface area (Å²) in [5.41, 5.74) is 22.0. The molecule has 0 amide bonds. The molecule has 0 aliphatic heterocycles. The van der Waals surface area contributed by atoms with Crippen LogP contribution in [0, 0.1) is 0 Å². The SMILES string of the molecule is COc1ccc(Cc2cnc(N)nc2N)cc1OCCNc1ccc(S(=O)[O-])cc1-c1ccc(N)cc1. The maximum atomic E-state index is 11.5. The fourth-order valence-corrected chi connectivity index (χ4v) is 4.16. The molecule has 0 aliphatic carbocycles. The van der Waals surface area contributed by atoms with Gasteiger partial charge in [-0.15, -0.1) is 0 Å². The van der Waals surface area contributed by atoms with E-state index in [4.69, 9.17) is 26.7 Å². The third kappa shape index (κ3) is 6.46. The predicted molar refractivity (Wildman–Crippen MR) is 144 cm³/mol. The molecule has 7 N–H and O–H groups in total. The van der Waals surface area contributed by atoms with Gasteiger partial charge in [0.25, 0.3) is 0 Å². The van der Waals surface area contributed by atoms with Gasteiger partial charge in [-0.3, -0.25) is 4.21 Å². The fraction of sp³-hybridized carbons (Fsp3) is 0.154. The summed E-state index contributed by atoms with van der Waals surface area (Å²) in [5, 5.41) is 3.32. The normalized spacial score (nSPS) is 11.6. The Balaban J connectivity index is 1.46. The molecule has 11 heteroatoms. The number of nitrogens with two attached hydrogens (primary N) is 3. The number of nitrogens with zero attached hydrogens (tertiary/aromatic N) is 2. The van der Waals surface area contributed by atoms with Crippen LogP contribution in [0.3, 0.4) is 0 Å². The van der Waals surface area contributed by atoms with E-state index in [2.05, 4.69) is 15.3 Å². The van der Waals surface area contributed by atoms with Crippen LogP contribution in [0.4, 0.5) is 23.1 Å². The lowest BCUT2D eigenvalue weighted by atomic mass is 10.0. The van der Waals surface area contributed by atoms with E-state index in [0.29, 0.717) is 42.6 Å². The molecule has 1 aromatic heterocycles. The number of anilines is 4. The molecule has 3 aromatic carbocycles. The molecule has 1 unspecified atom stereocenters. The summed E-state index contributed by atoms with van der Waals surface area (Å²) < 4.78 is 34.5. The van der Waals surface area contributed by atoms with Crippen LogP contribution in [0.15, 0.2) is 71.8 Å². The van der Waals surface area contributed by atoms with Crippen LogP contribution < -0.4 is 32.0 Å². The minimum atomic E-state index is -2.34. The van der Waals surface area contributed by atoms with Crippen LogP contribution in [-0.4, -0.2) is 39.0 Å². The van der Waals surface area contributed by atoms with E-state index >= 15 is 0 Å². The van der Waals surface area contributed by atoms with Gasteiger partial charge in [-0.05, 0) is 64.7 Å². The number of nitrogen functional groups attached to an aromatic ring is 3. The summed E-state index contributed by atoms with van der Waals surface area (Å²) in [6.45, 7) is 0.775. The van der Waals surface area contributed by atoms with Gasteiger partial charge in [0.15, 0.2) is 11.5 Å². The number of methoxy groups -OCH3 is 1. The Morgan fingerprint density at radius 1 is 1.00 bits per heavy atom.